The maximum absolute atomic E-state index is 13.3. The largest absolute Gasteiger partial charge is 0.495 e. The van der Waals surface area contributed by atoms with Gasteiger partial charge in [0.1, 0.15) is 17.6 Å². The molecule has 1 unspecified atom stereocenters. The predicted octanol–water partition coefficient (Wildman–Crippen LogP) is 4.64. The van der Waals surface area contributed by atoms with Gasteiger partial charge in [-0.15, -0.1) is 0 Å². The maximum Gasteiger partial charge on any atom is 0.247 e. The number of hydrogen-bond donors (Lipinski definition) is 1. The number of carbonyl (C=O) groups excluding carboxylic acids is 1. The Labute approximate surface area is 143 Å². The monoisotopic (exact) mass is 346 g/mol. The van der Waals surface area contributed by atoms with Crippen molar-refractivity contribution in [1.82, 2.24) is 4.57 Å². The fourth-order valence-electron chi connectivity index (χ4n) is 2.59. The van der Waals surface area contributed by atoms with Crippen LogP contribution in [0.5, 0.6) is 5.75 Å². The quantitative estimate of drug-likeness (QED) is 0.747. The van der Waals surface area contributed by atoms with E-state index in [0.29, 0.717) is 16.5 Å². The number of aromatic nitrogens is 1. The fraction of sp³-hybridized carbons (Fsp3) is 0.167. The molecular weight excluding hydrogens is 331 g/mol. The molecule has 1 N–H and O–H groups in total. The summed E-state index contributed by atoms with van der Waals surface area (Å²) >= 11 is 6.07. The van der Waals surface area contributed by atoms with Crippen LogP contribution in [0.25, 0.3) is 10.9 Å². The number of nitrogens with one attached hydrogen (secondary N) is 1. The molecule has 2 aromatic carbocycles. The molecular formula is C18H16ClFN2O2. The molecule has 0 bridgehead atoms. The van der Waals surface area contributed by atoms with Gasteiger partial charge in [-0.1, -0.05) is 11.6 Å². The van der Waals surface area contributed by atoms with Crippen molar-refractivity contribution >= 4 is 34.1 Å². The summed E-state index contributed by atoms with van der Waals surface area (Å²) in [6, 6.07) is 10.9. The first-order chi connectivity index (χ1) is 11.5. The van der Waals surface area contributed by atoms with Crippen molar-refractivity contribution in [3.8, 4) is 5.75 Å². The summed E-state index contributed by atoms with van der Waals surface area (Å²) in [6.45, 7) is 1.78. The average molecular weight is 347 g/mol. The van der Waals surface area contributed by atoms with Gasteiger partial charge in [0, 0.05) is 22.8 Å². The third-order valence-electron chi connectivity index (χ3n) is 3.90. The first kappa shape index (κ1) is 16.3. The zero-order valence-corrected chi connectivity index (χ0v) is 14.0. The van der Waals surface area contributed by atoms with E-state index >= 15 is 0 Å². The van der Waals surface area contributed by atoms with E-state index in [0.717, 1.165) is 10.9 Å². The van der Waals surface area contributed by atoms with Crippen molar-refractivity contribution in [2.75, 3.05) is 12.4 Å². The molecule has 0 aliphatic carbocycles. The molecule has 4 nitrogen and oxygen atoms in total. The van der Waals surface area contributed by atoms with E-state index in [1.165, 1.54) is 19.2 Å². The highest BCUT2D eigenvalue weighted by molar-refractivity contribution is 6.32. The average Bonchev–Trinajstić information content (AvgIpc) is 2.97. The van der Waals surface area contributed by atoms with Crippen LogP contribution in [0.1, 0.15) is 13.0 Å². The van der Waals surface area contributed by atoms with Gasteiger partial charge in [0.05, 0.1) is 12.1 Å². The third-order valence-corrected chi connectivity index (χ3v) is 4.19. The van der Waals surface area contributed by atoms with Gasteiger partial charge >= 0.3 is 0 Å². The van der Waals surface area contributed by atoms with Crippen LogP contribution in [0.2, 0.25) is 5.02 Å². The second kappa shape index (κ2) is 6.53. The van der Waals surface area contributed by atoms with Gasteiger partial charge in [-0.25, -0.2) is 4.39 Å². The second-order valence-corrected chi connectivity index (χ2v) is 5.85. The molecule has 0 saturated carbocycles. The zero-order valence-electron chi connectivity index (χ0n) is 13.2. The Morgan fingerprint density at radius 1 is 1.25 bits per heavy atom. The molecule has 0 radical (unpaired) electrons. The lowest BCUT2D eigenvalue weighted by Crippen LogP contribution is -2.23. The number of hydrogen-bond acceptors (Lipinski definition) is 2. The van der Waals surface area contributed by atoms with Crippen LogP contribution in [0.4, 0.5) is 10.1 Å². The molecule has 0 spiro atoms. The summed E-state index contributed by atoms with van der Waals surface area (Å²) < 4.78 is 20.2. The molecule has 0 saturated heterocycles. The van der Waals surface area contributed by atoms with Crippen LogP contribution in [0.15, 0.2) is 48.7 Å². The lowest BCUT2D eigenvalue weighted by molar-refractivity contribution is -0.118. The van der Waals surface area contributed by atoms with Crippen LogP contribution in [-0.4, -0.2) is 17.6 Å². The van der Waals surface area contributed by atoms with Gasteiger partial charge in [0.2, 0.25) is 5.91 Å². The Hall–Kier alpha value is -2.53. The Bertz CT molecular complexity index is 907. The van der Waals surface area contributed by atoms with E-state index in [9.17, 15) is 9.18 Å². The Morgan fingerprint density at radius 3 is 2.75 bits per heavy atom. The number of carbonyl (C=O) groups is 1. The summed E-state index contributed by atoms with van der Waals surface area (Å²) in [5.41, 5.74) is 1.38. The SMILES string of the molecule is COc1ccc(NC(=O)C(C)n2ccc3cc(F)ccc32)cc1Cl. The summed E-state index contributed by atoms with van der Waals surface area (Å²) in [6.07, 6.45) is 1.77. The molecule has 1 atom stereocenters. The van der Waals surface area contributed by atoms with Gasteiger partial charge in [-0.2, -0.15) is 0 Å². The molecule has 1 aromatic heterocycles. The topological polar surface area (TPSA) is 43.3 Å². The number of halogens is 2. The number of nitrogens with zero attached hydrogens (tertiary/aromatic N) is 1. The molecule has 3 rings (SSSR count). The van der Waals surface area contributed by atoms with Gasteiger partial charge in [-0.3, -0.25) is 4.79 Å². The molecule has 3 aromatic rings. The number of rotatable bonds is 4. The van der Waals surface area contributed by atoms with Gasteiger partial charge in [-0.05, 0) is 49.4 Å². The van der Waals surface area contributed by atoms with Crippen LogP contribution in [-0.2, 0) is 4.79 Å². The Kier molecular flexibility index (Phi) is 4.44. The maximum atomic E-state index is 13.3. The Balaban J connectivity index is 1.82. The van der Waals surface area contributed by atoms with Crippen molar-refractivity contribution in [3.63, 3.8) is 0 Å². The second-order valence-electron chi connectivity index (χ2n) is 5.44. The van der Waals surface area contributed by atoms with Crippen molar-refractivity contribution in [1.29, 1.82) is 0 Å². The van der Waals surface area contributed by atoms with E-state index in [2.05, 4.69) is 5.32 Å². The first-order valence-corrected chi connectivity index (χ1v) is 7.78. The van der Waals surface area contributed by atoms with E-state index in [-0.39, 0.29) is 11.7 Å². The summed E-state index contributed by atoms with van der Waals surface area (Å²) in [4.78, 5) is 12.5. The van der Waals surface area contributed by atoms with E-state index < -0.39 is 6.04 Å². The molecule has 1 heterocycles. The van der Waals surface area contributed by atoms with Crippen molar-refractivity contribution in [2.45, 2.75) is 13.0 Å². The van der Waals surface area contributed by atoms with Gasteiger partial charge in [0.15, 0.2) is 0 Å². The Morgan fingerprint density at radius 2 is 2.04 bits per heavy atom. The number of ether oxygens (including phenoxy) is 1. The number of methoxy groups -OCH3 is 1. The molecule has 0 aliphatic rings. The standard InChI is InChI=1S/C18H16ClFN2O2/c1-11(22-8-7-12-9-13(20)3-5-16(12)22)18(23)21-14-4-6-17(24-2)15(19)10-14/h3-11H,1-2H3,(H,21,23). The lowest BCUT2D eigenvalue weighted by atomic mass is 10.2. The number of anilines is 1. The van der Waals surface area contributed by atoms with Gasteiger partial charge in [0.25, 0.3) is 0 Å². The summed E-state index contributed by atoms with van der Waals surface area (Å²) in [5, 5.41) is 4.00. The highest BCUT2D eigenvalue weighted by Gasteiger charge is 2.17. The minimum atomic E-state index is -0.464. The van der Waals surface area contributed by atoms with E-state index in [1.54, 1.807) is 48.0 Å². The normalized spacial score (nSPS) is 12.2. The van der Waals surface area contributed by atoms with Crippen molar-refractivity contribution in [2.24, 2.45) is 0 Å². The van der Waals surface area contributed by atoms with Crippen molar-refractivity contribution in [3.05, 3.63) is 59.5 Å². The summed E-state index contributed by atoms with van der Waals surface area (Å²) in [5.74, 6) is 0.0458. The minimum absolute atomic E-state index is 0.196. The molecule has 1 amide bonds. The van der Waals surface area contributed by atoms with Gasteiger partial charge < -0.3 is 14.6 Å². The van der Waals surface area contributed by atoms with Crippen LogP contribution in [0, 0.1) is 5.82 Å². The predicted molar refractivity (Wildman–Crippen MR) is 93.2 cm³/mol. The minimum Gasteiger partial charge on any atom is -0.495 e. The highest BCUT2D eigenvalue weighted by atomic mass is 35.5. The van der Waals surface area contributed by atoms with Crippen LogP contribution in [0.3, 0.4) is 0 Å². The molecule has 6 heteroatoms. The van der Waals surface area contributed by atoms with Crippen LogP contribution < -0.4 is 10.1 Å². The molecule has 24 heavy (non-hydrogen) atoms. The number of amides is 1. The van der Waals surface area contributed by atoms with E-state index in [1.807, 2.05) is 0 Å². The smallest absolute Gasteiger partial charge is 0.247 e. The first-order valence-electron chi connectivity index (χ1n) is 7.40. The third kappa shape index (κ3) is 3.08. The highest BCUT2D eigenvalue weighted by Crippen LogP contribution is 2.28. The number of fused-ring (bicyclic) bond motifs is 1. The number of benzene rings is 2. The fourth-order valence-corrected chi connectivity index (χ4v) is 2.85. The molecule has 124 valence electrons. The molecule has 0 fully saturated rings. The molecule has 0 aliphatic heterocycles. The zero-order chi connectivity index (χ0) is 17.3. The van der Waals surface area contributed by atoms with Crippen molar-refractivity contribution < 1.29 is 13.9 Å². The summed E-state index contributed by atoms with van der Waals surface area (Å²) in [7, 11) is 1.53. The van der Waals surface area contributed by atoms with E-state index in [4.69, 9.17) is 16.3 Å². The van der Waals surface area contributed by atoms with Crippen LogP contribution >= 0.6 is 11.6 Å². The lowest BCUT2D eigenvalue weighted by Gasteiger charge is -2.16.